The van der Waals surface area contributed by atoms with Crippen molar-refractivity contribution in [2.24, 2.45) is 0 Å². The van der Waals surface area contributed by atoms with Crippen LogP contribution >= 0.6 is 11.6 Å². The van der Waals surface area contributed by atoms with E-state index in [1.165, 1.54) is 0 Å². The zero-order chi connectivity index (χ0) is 22.3. The molecule has 0 fully saturated rings. The highest BCUT2D eigenvalue weighted by Gasteiger charge is 2.25. The molecular weight excluding hydrogens is 420 g/mol. The molecule has 0 bridgehead atoms. The average molecular weight is 447 g/mol. The van der Waals surface area contributed by atoms with Gasteiger partial charge in [-0.3, -0.25) is 9.78 Å². The smallest absolute Gasteiger partial charge is 0.243 e. The quantitative estimate of drug-likeness (QED) is 0.375. The minimum Gasteiger partial charge on any atom is -0.354 e. The summed E-state index contributed by atoms with van der Waals surface area (Å²) in [5.74, 6) is 0.880. The SMILES string of the molecule is CCC[C@@H](C(=O)NCCc1ccccn1)n1c(Cc2cccc(Cl)c2)nc2ccccc21. The van der Waals surface area contributed by atoms with E-state index in [0.717, 1.165) is 41.0 Å². The number of benzene rings is 2. The third-order valence-electron chi connectivity index (χ3n) is 5.50. The largest absolute Gasteiger partial charge is 0.354 e. The maximum absolute atomic E-state index is 13.3. The van der Waals surface area contributed by atoms with Gasteiger partial charge in [-0.1, -0.05) is 55.3 Å². The van der Waals surface area contributed by atoms with Crippen LogP contribution in [0.5, 0.6) is 0 Å². The number of fused-ring (bicyclic) bond motifs is 1. The Bertz CT molecular complexity index is 1190. The summed E-state index contributed by atoms with van der Waals surface area (Å²) in [6.07, 6.45) is 4.71. The summed E-state index contributed by atoms with van der Waals surface area (Å²) in [5, 5.41) is 3.82. The molecule has 0 aliphatic carbocycles. The first-order chi connectivity index (χ1) is 15.7. The first-order valence-electron chi connectivity index (χ1n) is 11.0. The van der Waals surface area contributed by atoms with Crippen LogP contribution in [0, 0.1) is 0 Å². The van der Waals surface area contributed by atoms with Crippen molar-refractivity contribution in [3.63, 3.8) is 0 Å². The van der Waals surface area contributed by atoms with E-state index in [1.54, 1.807) is 6.20 Å². The lowest BCUT2D eigenvalue weighted by molar-refractivity contribution is -0.124. The highest BCUT2D eigenvalue weighted by Crippen LogP contribution is 2.27. The first-order valence-corrected chi connectivity index (χ1v) is 11.4. The Balaban J connectivity index is 1.62. The number of hydrogen-bond acceptors (Lipinski definition) is 3. The van der Waals surface area contributed by atoms with Gasteiger partial charge in [0.2, 0.25) is 5.91 Å². The van der Waals surface area contributed by atoms with E-state index in [0.29, 0.717) is 24.4 Å². The summed E-state index contributed by atoms with van der Waals surface area (Å²) in [6.45, 7) is 2.65. The molecule has 0 aliphatic rings. The number of aromatic nitrogens is 3. The lowest BCUT2D eigenvalue weighted by Crippen LogP contribution is -2.34. The molecule has 1 atom stereocenters. The van der Waals surface area contributed by atoms with Crippen LogP contribution in [0.3, 0.4) is 0 Å². The minimum atomic E-state index is -0.328. The van der Waals surface area contributed by atoms with Crippen molar-refractivity contribution in [1.29, 1.82) is 0 Å². The molecule has 2 aromatic heterocycles. The molecule has 0 aliphatic heterocycles. The molecule has 6 heteroatoms. The molecule has 32 heavy (non-hydrogen) atoms. The molecular formula is C26H27ClN4O. The first kappa shape index (κ1) is 22.0. The standard InChI is InChI=1S/C26H27ClN4O/c1-2-8-24(26(32)29-16-14-21-11-5-6-15-28-21)31-23-13-4-3-12-22(23)30-25(31)18-19-9-7-10-20(27)17-19/h3-7,9-13,15,17,24H,2,8,14,16,18H2,1H3,(H,29,32)/t24-/m0/s1. The number of imidazole rings is 1. The predicted molar refractivity (Wildman–Crippen MR) is 129 cm³/mol. The van der Waals surface area contributed by atoms with E-state index in [1.807, 2.05) is 66.7 Å². The Morgan fingerprint density at radius 3 is 2.72 bits per heavy atom. The van der Waals surface area contributed by atoms with Crippen molar-refractivity contribution in [1.82, 2.24) is 19.9 Å². The second-order valence-corrected chi connectivity index (χ2v) is 8.30. The monoisotopic (exact) mass is 446 g/mol. The lowest BCUT2D eigenvalue weighted by Gasteiger charge is -2.21. The van der Waals surface area contributed by atoms with E-state index < -0.39 is 0 Å². The topological polar surface area (TPSA) is 59.8 Å². The Labute approximate surface area is 193 Å². The van der Waals surface area contributed by atoms with Crippen LogP contribution in [0.15, 0.2) is 72.9 Å². The number of para-hydroxylation sites is 2. The van der Waals surface area contributed by atoms with Crippen molar-refractivity contribution in [2.45, 2.75) is 38.6 Å². The molecule has 0 saturated heterocycles. The van der Waals surface area contributed by atoms with Crippen LogP contribution in [0.2, 0.25) is 5.02 Å². The van der Waals surface area contributed by atoms with Crippen LogP contribution in [-0.2, 0) is 17.6 Å². The zero-order valence-corrected chi connectivity index (χ0v) is 18.9. The highest BCUT2D eigenvalue weighted by atomic mass is 35.5. The van der Waals surface area contributed by atoms with Gasteiger partial charge in [-0.15, -0.1) is 0 Å². The lowest BCUT2D eigenvalue weighted by atomic mass is 10.1. The fraction of sp³-hybridized carbons (Fsp3) is 0.269. The summed E-state index contributed by atoms with van der Waals surface area (Å²) in [4.78, 5) is 22.5. The van der Waals surface area contributed by atoms with Crippen molar-refractivity contribution in [3.8, 4) is 0 Å². The van der Waals surface area contributed by atoms with E-state index in [-0.39, 0.29) is 11.9 Å². The second kappa shape index (κ2) is 10.4. The predicted octanol–water partition coefficient (Wildman–Crippen LogP) is 5.38. The summed E-state index contributed by atoms with van der Waals surface area (Å²) >= 11 is 6.20. The van der Waals surface area contributed by atoms with Gasteiger partial charge in [0.05, 0.1) is 11.0 Å². The van der Waals surface area contributed by atoms with Crippen molar-refractivity contribution < 1.29 is 4.79 Å². The second-order valence-electron chi connectivity index (χ2n) is 7.86. The van der Waals surface area contributed by atoms with E-state index in [9.17, 15) is 4.79 Å². The van der Waals surface area contributed by atoms with Crippen LogP contribution in [-0.4, -0.2) is 27.0 Å². The maximum atomic E-state index is 13.3. The third-order valence-corrected chi connectivity index (χ3v) is 5.74. The Morgan fingerprint density at radius 2 is 1.94 bits per heavy atom. The fourth-order valence-electron chi connectivity index (χ4n) is 4.02. The molecule has 4 aromatic rings. The maximum Gasteiger partial charge on any atom is 0.243 e. The van der Waals surface area contributed by atoms with Crippen LogP contribution in [0.25, 0.3) is 11.0 Å². The number of rotatable bonds is 9. The molecule has 164 valence electrons. The van der Waals surface area contributed by atoms with Gasteiger partial charge < -0.3 is 9.88 Å². The van der Waals surface area contributed by atoms with Crippen molar-refractivity contribution in [2.75, 3.05) is 6.54 Å². The Kier molecular flexibility index (Phi) is 7.17. The van der Waals surface area contributed by atoms with Gasteiger partial charge in [0.1, 0.15) is 11.9 Å². The van der Waals surface area contributed by atoms with Gasteiger partial charge in [-0.25, -0.2) is 4.98 Å². The molecule has 5 nitrogen and oxygen atoms in total. The number of carbonyl (C=O) groups is 1. The zero-order valence-electron chi connectivity index (χ0n) is 18.2. The summed E-state index contributed by atoms with van der Waals surface area (Å²) in [6, 6.07) is 21.3. The number of amides is 1. The Morgan fingerprint density at radius 1 is 1.09 bits per heavy atom. The number of carbonyl (C=O) groups excluding carboxylic acids is 1. The number of nitrogens with zero attached hydrogens (tertiary/aromatic N) is 3. The molecule has 1 N–H and O–H groups in total. The van der Waals surface area contributed by atoms with Crippen LogP contribution < -0.4 is 5.32 Å². The molecule has 2 heterocycles. The minimum absolute atomic E-state index is 0.0123. The van der Waals surface area contributed by atoms with Crippen LogP contribution in [0.4, 0.5) is 0 Å². The molecule has 2 aromatic carbocycles. The molecule has 1 amide bonds. The highest BCUT2D eigenvalue weighted by molar-refractivity contribution is 6.30. The van der Waals surface area contributed by atoms with Gasteiger partial charge >= 0.3 is 0 Å². The normalized spacial score (nSPS) is 12.1. The average Bonchev–Trinajstić information content (AvgIpc) is 3.15. The molecule has 0 saturated carbocycles. The van der Waals surface area contributed by atoms with E-state index in [2.05, 4.69) is 21.8 Å². The molecule has 0 unspecified atom stereocenters. The van der Waals surface area contributed by atoms with Crippen molar-refractivity contribution >= 4 is 28.5 Å². The van der Waals surface area contributed by atoms with Gasteiger partial charge in [0.15, 0.2) is 0 Å². The van der Waals surface area contributed by atoms with E-state index in [4.69, 9.17) is 16.6 Å². The summed E-state index contributed by atoms with van der Waals surface area (Å²) < 4.78 is 2.11. The van der Waals surface area contributed by atoms with Gasteiger partial charge in [0.25, 0.3) is 0 Å². The third kappa shape index (κ3) is 5.17. The molecule has 4 rings (SSSR count). The van der Waals surface area contributed by atoms with Gasteiger partial charge in [-0.05, 0) is 48.4 Å². The van der Waals surface area contributed by atoms with Crippen molar-refractivity contribution in [3.05, 3.63) is 95.0 Å². The number of pyridine rings is 1. The number of hydrogen-bond donors (Lipinski definition) is 1. The molecule has 0 spiro atoms. The summed E-state index contributed by atoms with van der Waals surface area (Å²) in [7, 11) is 0. The Hall–Kier alpha value is -3.18. The van der Waals surface area contributed by atoms with E-state index >= 15 is 0 Å². The summed E-state index contributed by atoms with van der Waals surface area (Å²) in [5.41, 5.74) is 3.91. The van der Waals surface area contributed by atoms with Crippen LogP contribution in [0.1, 0.15) is 42.9 Å². The fourth-order valence-corrected chi connectivity index (χ4v) is 4.24. The number of halogens is 1. The van der Waals surface area contributed by atoms with Gasteiger partial charge in [-0.2, -0.15) is 0 Å². The van der Waals surface area contributed by atoms with Gasteiger partial charge in [0, 0.05) is 36.3 Å². The number of nitrogens with one attached hydrogen (secondary N) is 1. The molecule has 0 radical (unpaired) electrons.